The Morgan fingerprint density at radius 3 is 1.32 bits per heavy atom. The number of pyridine rings is 1. The van der Waals surface area contributed by atoms with Crippen LogP contribution < -0.4 is 0 Å². The van der Waals surface area contributed by atoms with E-state index in [2.05, 4.69) is 11.9 Å². The standard InChI is InChI=1S/C38H63NO2/c1-2-3-4-5-6-7-8-9-10-11-12-13-14-15-16-17-18-19-20-21-22-23-24-25-26-29-32-41-38(40)37-33-35-30-27-28-31-36(35)34-39-37/h27-28,30-31,33-34H,2-26,29,32H2,1H3. The maximum atomic E-state index is 12.2. The quantitative estimate of drug-likeness (QED) is 0.0760. The SMILES string of the molecule is CCCCCCCCCCCCCCCCCCCCCCCCCCCCOC(=O)c1cc2ccccc2cn1. The second-order valence-electron chi connectivity index (χ2n) is 12.4. The molecule has 41 heavy (non-hydrogen) atoms. The number of carbonyl (C=O) groups is 1. The lowest BCUT2D eigenvalue weighted by Crippen LogP contribution is -2.08. The van der Waals surface area contributed by atoms with Gasteiger partial charge in [-0.25, -0.2) is 9.78 Å². The van der Waals surface area contributed by atoms with Gasteiger partial charge in [-0.15, -0.1) is 0 Å². The van der Waals surface area contributed by atoms with Gasteiger partial charge >= 0.3 is 5.97 Å². The van der Waals surface area contributed by atoms with Crippen molar-refractivity contribution in [2.24, 2.45) is 0 Å². The fraction of sp³-hybridized carbons (Fsp3) is 0.737. The fourth-order valence-corrected chi connectivity index (χ4v) is 5.85. The zero-order valence-electron chi connectivity index (χ0n) is 26.8. The molecule has 0 aliphatic carbocycles. The Morgan fingerprint density at radius 1 is 0.537 bits per heavy atom. The number of fused-ring (bicyclic) bond motifs is 1. The number of esters is 1. The van der Waals surface area contributed by atoms with Crippen molar-refractivity contribution in [2.45, 2.75) is 174 Å². The molecule has 0 aliphatic rings. The predicted octanol–water partition coefficient (Wildman–Crippen LogP) is 12.6. The van der Waals surface area contributed by atoms with Gasteiger partial charge in [-0.05, 0) is 17.9 Å². The zero-order chi connectivity index (χ0) is 29.1. The van der Waals surface area contributed by atoms with Crippen molar-refractivity contribution >= 4 is 16.7 Å². The molecule has 1 aromatic carbocycles. The van der Waals surface area contributed by atoms with Crippen LogP contribution in [0.5, 0.6) is 0 Å². The van der Waals surface area contributed by atoms with Gasteiger partial charge in [0, 0.05) is 11.6 Å². The number of rotatable bonds is 28. The van der Waals surface area contributed by atoms with Crippen LogP contribution in [0, 0.1) is 0 Å². The topological polar surface area (TPSA) is 39.2 Å². The fourth-order valence-electron chi connectivity index (χ4n) is 5.85. The first kappa shape index (κ1) is 35.3. The Hall–Kier alpha value is -1.90. The molecule has 0 spiro atoms. The second kappa shape index (κ2) is 25.8. The third-order valence-corrected chi connectivity index (χ3v) is 8.57. The van der Waals surface area contributed by atoms with Crippen LogP contribution in [0.15, 0.2) is 36.5 Å². The highest BCUT2D eigenvalue weighted by molar-refractivity contribution is 5.92. The molecule has 3 heteroatoms. The van der Waals surface area contributed by atoms with Crippen LogP contribution in [0.2, 0.25) is 0 Å². The molecule has 1 heterocycles. The molecule has 0 saturated carbocycles. The van der Waals surface area contributed by atoms with Gasteiger partial charge in [0.05, 0.1) is 6.61 Å². The van der Waals surface area contributed by atoms with Crippen LogP contribution >= 0.6 is 0 Å². The predicted molar refractivity (Wildman–Crippen MR) is 178 cm³/mol. The number of ether oxygens (including phenoxy) is 1. The summed E-state index contributed by atoms with van der Waals surface area (Å²) in [5.41, 5.74) is 0.401. The Bertz CT molecular complexity index is 879. The van der Waals surface area contributed by atoms with Crippen molar-refractivity contribution in [2.75, 3.05) is 6.61 Å². The summed E-state index contributed by atoms with van der Waals surface area (Å²) < 4.78 is 5.43. The third-order valence-electron chi connectivity index (χ3n) is 8.57. The molecule has 0 aliphatic heterocycles. The van der Waals surface area contributed by atoms with E-state index in [1.54, 1.807) is 6.20 Å². The highest BCUT2D eigenvalue weighted by atomic mass is 16.5. The van der Waals surface area contributed by atoms with Gasteiger partial charge in [-0.1, -0.05) is 192 Å². The van der Waals surface area contributed by atoms with Crippen LogP contribution in [0.25, 0.3) is 10.8 Å². The number of hydrogen-bond acceptors (Lipinski definition) is 3. The Labute approximate surface area is 253 Å². The van der Waals surface area contributed by atoms with Crippen molar-refractivity contribution in [1.82, 2.24) is 4.98 Å². The number of hydrogen-bond donors (Lipinski definition) is 0. The minimum atomic E-state index is -0.310. The van der Waals surface area contributed by atoms with Gasteiger partial charge in [0.2, 0.25) is 0 Å². The minimum absolute atomic E-state index is 0.310. The van der Waals surface area contributed by atoms with E-state index in [0.29, 0.717) is 12.3 Å². The normalized spacial score (nSPS) is 11.3. The van der Waals surface area contributed by atoms with Gasteiger partial charge in [-0.3, -0.25) is 0 Å². The van der Waals surface area contributed by atoms with Gasteiger partial charge in [0.25, 0.3) is 0 Å². The molecule has 0 bridgehead atoms. The molecule has 1 aromatic heterocycles. The van der Waals surface area contributed by atoms with E-state index >= 15 is 0 Å². The largest absolute Gasteiger partial charge is 0.461 e. The number of aromatic nitrogens is 1. The Morgan fingerprint density at radius 2 is 0.902 bits per heavy atom. The average molecular weight is 566 g/mol. The summed E-state index contributed by atoms with van der Waals surface area (Å²) in [6.07, 6.45) is 38.0. The molecular weight excluding hydrogens is 502 g/mol. The molecule has 3 nitrogen and oxygen atoms in total. The van der Waals surface area contributed by atoms with E-state index in [0.717, 1.165) is 23.6 Å². The highest BCUT2D eigenvalue weighted by Gasteiger charge is 2.09. The second-order valence-corrected chi connectivity index (χ2v) is 12.4. The first-order chi connectivity index (χ1) is 20.3. The number of unbranched alkanes of at least 4 members (excludes halogenated alkanes) is 25. The number of nitrogens with zero attached hydrogens (tertiary/aromatic N) is 1. The summed E-state index contributed by atoms with van der Waals surface area (Å²) in [6, 6.07) is 9.76. The molecule has 0 radical (unpaired) electrons. The summed E-state index contributed by atoms with van der Waals surface area (Å²) in [4.78, 5) is 16.5. The molecule has 2 aromatic rings. The molecule has 0 amide bonds. The van der Waals surface area contributed by atoms with Crippen LogP contribution in [0.3, 0.4) is 0 Å². The molecule has 0 fully saturated rings. The molecule has 2 rings (SSSR count). The Balaban J connectivity index is 1.23. The maximum Gasteiger partial charge on any atom is 0.356 e. The smallest absolute Gasteiger partial charge is 0.356 e. The number of benzene rings is 1. The lowest BCUT2D eigenvalue weighted by atomic mass is 10.0. The van der Waals surface area contributed by atoms with E-state index in [1.807, 2.05) is 30.3 Å². The zero-order valence-corrected chi connectivity index (χ0v) is 26.8. The van der Waals surface area contributed by atoms with Crippen LogP contribution in [0.1, 0.15) is 184 Å². The lowest BCUT2D eigenvalue weighted by molar-refractivity contribution is 0.0491. The summed E-state index contributed by atoms with van der Waals surface area (Å²) >= 11 is 0. The summed E-state index contributed by atoms with van der Waals surface area (Å²) in [5, 5.41) is 2.06. The van der Waals surface area contributed by atoms with Crippen molar-refractivity contribution in [3.05, 3.63) is 42.2 Å². The van der Waals surface area contributed by atoms with E-state index in [9.17, 15) is 4.79 Å². The van der Waals surface area contributed by atoms with Gasteiger partial charge in [0.1, 0.15) is 5.69 Å². The van der Waals surface area contributed by atoms with E-state index < -0.39 is 0 Å². The van der Waals surface area contributed by atoms with Crippen LogP contribution in [-0.2, 0) is 4.74 Å². The first-order valence-corrected chi connectivity index (χ1v) is 17.8. The monoisotopic (exact) mass is 565 g/mol. The van der Waals surface area contributed by atoms with Gasteiger partial charge < -0.3 is 4.74 Å². The van der Waals surface area contributed by atoms with Crippen molar-refractivity contribution in [3.63, 3.8) is 0 Å². The van der Waals surface area contributed by atoms with Crippen molar-refractivity contribution in [3.8, 4) is 0 Å². The number of carbonyl (C=O) groups excluding carboxylic acids is 1. The van der Waals surface area contributed by atoms with Gasteiger partial charge in [0.15, 0.2) is 0 Å². The molecule has 0 atom stereocenters. The maximum absolute atomic E-state index is 12.2. The van der Waals surface area contributed by atoms with E-state index in [4.69, 9.17) is 4.74 Å². The highest BCUT2D eigenvalue weighted by Crippen LogP contribution is 2.17. The van der Waals surface area contributed by atoms with E-state index in [-0.39, 0.29) is 5.97 Å². The van der Waals surface area contributed by atoms with Crippen LogP contribution in [0.4, 0.5) is 0 Å². The van der Waals surface area contributed by atoms with Crippen LogP contribution in [-0.4, -0.2) is 17.6 Å². The van der Waals surface area contributed by atoms with Gasteiger partial charge in [-0.2, -0.15) is 0 Å². The lowest BCUT2D eigenvalue weighted by Gasteiger charge is -2.06. The summed E-state index contributed by atoms with van der Waals surface area (Å²) in [5.74, 6) is -0.310. The third kappa shape index (κ3) is 19.0. The van der Waals surface area contributed by atoms with Crippen molar-refractivity contribution in [1.29, 1.82) is 0 Å². The molecule has 0 saturated heterocycles. The summed E-state index contributed by atoms with van der Waals surface area (Å²) in [6.45, 7) is 2.79. The molecule has 0 unspecified atom stereocenters. The average Bonchev–Trinajstić information content (AvgIpc) is 3.00. The van der Waals surface area contributed by atoms with E-state index in [1.165, 1.54) is 154 Å². The first-order valence-electron chi connectivity index (χ1n) is 17.8. The van der Waals surface area contributed by atoms with Crippen molar-refractivity contribution < 1.29 is 9.53 Å². The summed E-state index contributed by atoms with van der Waals surface area (Å²) in [7, 11) is 0. The Kier molecular flexibility index (Phi) is 22.2. The molecule has 232 valence electrons. The molecular formula is C38H63NO2. The minimum Gasteiger partial charge on any atom is -0.461 e. The molecule has 0 N–H and O–H groups in total.